The molecule has 29 heavy (non-hydrogen) atoms. The van der Waals surface area contributed by atoms with Crippen molar-refractivity contribution in [1.82, 2.24) is 13.9 Å². The van der Waals surface area contributed by atoms with Crippen LogP contribution in [0, 0.1) is 12.8 Å². The molecular weight excluding hydrogens is 390 g/mol. The summed E-state index contributed by atoms with van der Waals surface area (Å²) in [6.07, 6.45) is 6.47. The van der Waals surface area contributed by atoms with E-state index in [4.69, 9.17) is 9.47 Å². The Hall–Kier alpha value is -2.06. The van der Waals surface area contributed by atoms with Crippen molar-refractivity contribution in [1.29, 1.82) is 0 Å². The first kappa shape index (κ1) is 20.2. The van der Waals surface area contributed by atoms with Crippen molar-refractivity contribution in [3.63, 3.8) is 0 Å². The first-order valence-corrected chi connectivity index (χ1v) is 11.6. The van der Waals surface area contributed by atoms with E-state index in [2.05, 4.69) is 16.5 Å². The average Bonchev–Trinajstić information content (AvgIpc) is 3.29. The average molecular weight is 420 g/mol. The molecule has 2 aliphatic rings. The van der Waals surface area contributed by atoms with Gasteiger partial charge in [0.25, 0.3) is 0 Å². The molecule has 8 heteroatoms. The minimum Gasteiger partial charge on any atom is -0.497 e. The zero-order chi connectivity index (χ0) is 20.6. The van der Waals surface area contributed by atoms with Crippen LogP contribution in [0.3, 0.4) is 0 Å². The van der Waals surface area contributed by atoms with Gasteiger partial charge in [0.15, 0.2) is 0 Å². The van der Waals surface area contributed by atoms with E-state index in [0.717, 1.165) is 18.7 Å². The van der Waals surface area contributed by atoms with Crippen LogP contribution in [0.25, 0.3) is 0 Å². The molecule has 1 saturated carbocycles. The van der Waals surface area contributed by atoms with Crippen LogP contribution in [0.5, 0.6) is 11.5 Å². The van der Waals surface area contributed by atoms with E-state index in [-0.39, 0.29) is 10.8 Å². The van der Waals surface area contributed by atoms with Crippen molar-refractivity contribution >= 4 is 10.0 Å². The molecule has 4 rings (SSSR count). The van der Waals surface area contributed by atoms with Gasteiger partial charge in [0.2, 0.25) is 10.0 Å². The highest BCUT2D eigenvalue weighted by molar-refractivity contribution is 7.89. The number of aromatic nitrogens is 2. The summed E-state index contributed by atoms with van der Waals surface area (Å²) in [6, 6.07) is 4.88. The Morgan fingerprint density at radius 1 is 1.17 bits per heavy atom. The van der Waals surface area contributed by atoms with Crippen molar-refractivity contribution in [2.75, 3.05) is 27.3 Å². The summed E-state index contributed by atoms with van der Waals surface area (Å²) in [5.74, 6) is 2.84. The quantitative estimate of drug-likeness (QED) is 0.689. The van der Waals surface area contributed by atoms with Gasteiger partial charge >= 0.3 is 0 Å². The third-order valence-corrected chi connectivity index (χ3v) is 8.12. The Kier molecular flexibility index (Phi) is 5.57. The maximum Gasteiger partial charge on any atom is 0.246 e. The van der Waals surface area contributed by atoms with Gasteiger partial charge in [-0.15, -0.1) is 0 Å². The van der Waals surface area contributed by atoms with Crippen LogP contribution in [-0.4, -0.2) is 49.6 Å². The summed E-state index contributed by atoms with van der Waals surface area (Å²) >= 11 is 0. The monoisotopic (exact) mass is 419 g/mol. The summed E-state index contributed by atoms with van der Waals surface area (Å²) in [5.41, 5.74) is 1.16. The molecule has 0 radical (unpaired) electrons. The summed E-state index contributed by atoms with van der Waals surface area (Å²) in [6.45, 7) is 3.92. The Labute approximate surface area is 172 Å². The molecule has 1 aliphatic carbocycles. The number of sulfonamides is 1. The third-order valence-electron chi connectivity index (χ3n) is 6.23. The molecule has 2 aromatic rings. The lowest BCUT2D eigenvalue weighted by atomic mass is 9.84. The molecule has 0 spiro atoms. The first-order valence-electron chi connectivity index (χ1n) is 10.2. The molecule has 2 heterocycles. The Bertz CT molecular complexity index is 982. The van der Waals surface area contributed by atoms with E-state index >= 15 is 0 Å². The molecule has 1 unspecified atom stereocenters. The largest absolute Gasteiger partial charge is 0.497 e. The molecule has 2 fully saturated rings. The van der Waals surface area contributed by atoms with Crippen LogP contribution in [0.2, 0.25) is 0 Å². The van der Waals surface area contributed by atoms with E-state index in [0.29, 0.717) is 30.5 Å². The lowest BCUT2D eigenvalue weighted by molar-refractivity contribution is 0.363. The van der Waals surface area contributed by atoms with Gasteiger partial charge in [-0.3, -0.25) is 0 Å². The van der Waals surface area contributed by atoms with Gasteiger partial charge in [0.05, 0.1) is 14.2 Å². The van der Waals surface area contributed by atoms with Gasteiger partial charge in [0.1, 0.15) is 22.2 Å². The summed E-state index contributed by atoms with van der Waals surface area (Å²) in [4.78, 5) is 4.80. The maximum atomic E-state index is 13.3. The summed E-state index contributed by atoms with van der Waals surface area (Å²) in [5, 5.41) is 0. The highest BCUT2D eigenvalue weighted by Crippen LogP contribution is 2.37. The molecule has 1 aromatic carbocycles. The molecule has 0 bridgehead atoms. The SMILES string of the molecule is COc1ccc(OC)c(S(=O)(=O)N2CCC(Cn3c(C)cnc3C3CCC3)C2)c1. The Balaban J connectivity index is 1.52. The van der Waals surface area contributed by atoms with Gasteiger partial charge in [-0.25, -0.2) is 13.4 Å². The molecular formula is C21H29N3O4S. The minimum absolute atomic E-state index is 0.161. The first-order chi connectivity index (χ1) is 13.9. The van der Waals surface area contributed by atoms with Crippen molar-refractivity contribution in [2.45, 2.75) is 50.0 Å². The fraction of sp³-hybridized carbons (Fsp3) is 0.571. The minimum atomic E-state index is -3.65. The predicted molar refractivity (Wildman–Crippen MR) is 110 cm³/mol. The van der Waals surface area contributed by atoms with Crippen LogP contribution in [0.15, 0.2) is 29.3 Å². The number of imidazole rings is 1. The Morgan fingerprint density at radius 2 is 1.97 bits per heavy atom. The zero-order valence-electron chi connectivity index (χ0n) is 17.3. The standard InChI is InChI=1S/C21H29N3O4S/c1-15-12-22-21(17-5-4-6-17)24(15)14-16-9-10-23(13-16)29(25,26)20-11-18(27-2)7-8-19(20)28-3/h7-8,11-12,16-17H,4-6,9-10,13-14H2,1-3H3. The van der Waals surface area contributed by atoms with Gasteiger partial charge in [-0.1, -0.05) is 6.42 Å². The molecule has 1 aliphatic heterocycles. The Morgan fingerprint density at radius 3 is 2.62 bits per heavy atom. The van der Waals surface area contributed by atoms with Crippen LogP contribution < -0.4 is 9.47 Å². The number of aryl methyl sites for hydroxylation is 1. The third kappa shape index (κ3) is 3.75. The molecule has 0 N–H and O–H groups in total. The number of benzene rings is 1. The van der Waals surface area contributed by atoms with E-state index < -0.39 is 10.0 Å². The molecule has 1 aromatic heterocycles. The van der Waals surface area contributed by atoms with E-state index in [1.165, 1.54) is 45.4 Å². The van der Waals surface area contributed by atoms with Crippen LogP contribution in [-0.2, 0) is 16.6 Å². The number of hydrogen-bond donors (Lipinski definition) is 0. The van der Waals surface area contributed by atoms with Crippen molar-refractivity contribution in [3.8, 4) is 11.5 Å². The molecule has 7 nitrogen and oxygen atoms in total. The molecule has 0 amide bonds. The highest BCUT2D eigenvalue weighted by Gasteiger charge is 2.35. The van der Waals surface area contributed by atoms with Crippen molar-refractivity contribution in [3.05, 3.63) is 35.9 Å². The van der Waals surface area contributed by atoms with Crippen molar-refractivity contribution < 1.29 is 17.9 Å². The fourth-order valence-corrected chi connectivity index (χ4v) is 5.96. The predicted octanol–water partition coefficient (Wildman–Crippen LogP) is 3.19. The second-order valence-electron chi connectivity index (χ2n) is 8.03. The number of methoxy groups -OCH3 is 2. The number of hydrogen-bond acceptors (Lipinski definition) is 5. The summed E-state index contributed by atoms with van der Waals surface area (Å²) in [7, 11) is -0.644. The van der Waals surface area contributed by atoms with Gasteiger partial charge < -0.3 is 14.0 Å². The summed E-state index contributed by atoms with van der Waals surface area (Å²) < 4.78 is 41.0. The van der Waals surface area contributed by atoms with E-state index in [9.17, 15) is 8.42 Å². The van der Waals surface area contributed by atoms with E-state index in [1.54, 1.807) is 16.4 Å². The normalized spacial score (nSPS) is 20.6. The maximum absolute atomic E-state index is 13.3. The zero-order valence-corrected chi connectivity index (χ0v) is 18.1. The number of rotatable bonds is 7. The molecule has 158 valence electrons. The van der Waals surface area contributed by atoms with Crippen LogP contribution in [0.1, 0.15) is 43.1 Å². The number of nitrogens with zero attached hydrogens (tertiary/aromatic N) is 3. The van der Waals surface area contributed by atoms with Crippen LogP contribution in [0.4, 0.5) is 0 Å². The van der Waals surface area contributed by atoms with Gasteiger partial charge in [0, 0.05) is 43.5 Å². The highest BCUT2D eigenvalue weighted by atomic mass is 32.2. The smallest absolute Gasteiger partial charge is 0.246 e. The fourth-order valence-electron chi connectivity index (χ4n) is 4.26. The number of ether oxygens (including phenoxy) is 2. The van der Waals surface area contributed by atoms with Gasteiger partial charge in [-0.05, 0) is 44.2 Å². The lowest BCUT2D eigenvalue weighted by Crippen LogP contribution is -2.30. The second-order valence-corrected chi connectivity index (χ2v) is 9.94. The van der Waals surface area contributed by atoms with Gasteiger partial charge in [-0.2, -0.15) is 4.31 Å². The topological polar surface area (TPSA) is 73.7 Å². The van der Waals surface area contributed by atoms with Crippen molar-refractivity contribution in [2.24, 2.45) is 5.92 Å². The molecule has 1 atom stereocenters. The van der Waals surface area contributed by atoms with Crippen LogP contribution >= 0.6 is 0 Å². The lowest BCUT2D eigenvalue weighted by Gasteiger charge is -2.27. The molecule has 1 saturated heterocycles. The van der Waals surface area contributed by atoms with E-state index in [1.807, 2.05) is 6.20 Å². The second kappa shape index (κ2) is 7.99.